The maximum atomic E-state index is 12.6. The summed E-state index contributed by atoms with van der Waals surface area (Å²) in [7, 11) is 0. The van der Waals surface area contributed by atoms with E-state index in [1.165, 1.54) is 0 Å². The maximum absolute atomic E-state index is 12.6. The molecule has 0 bridgehead atoms. The molecule has 1 saturated heterocycles. The Morgan fingerprint density at radius 2 is 1.88 bits per heavy atom. The van der Waals surface area contributed by atoms with Gasteiger partial charge < -0.3 is 10.1 Å². The van der Waals surface area contributed by atoms with Crippen molar-refractivity contribution < 1.29 is 9.53 Å². The number of hydrogen-bond donors (Lipinski definition) is 1. The summed E-state index contributed by atoms with van der Waals surface area (Å²) in [6.07, 6.45) is 3.76. The molecule has 1 amide bonds. The lowest BCUT2D eigenvalue weighted by Gasteiger charge is -2.38. The van der Waals surface area contributed by atoms with Crippen LogP contribution in [-0.4, -0.2) is 59.7 Å². The number of benzene rings is 1. The van der Waals surface area contributed by atoms with Gasteiger partial charge in [0.05, 0.1) is 30.4 Å². The predicted octanol–water partition coefficient (Wildman–Crippen LogP) is 2.50. The van der Waals surface area contributed by atoms with Gasteiger partial charge >= 0.3 is 0 Å². The van der Waals surface area contributed by atoms with E-state index in [0.29, 0.717) is 24.2 Å². The molecule has 6 nitrogen and oxygen atoms in total. The number of hydrogen-bond acceptors (Lipinski definition) is 5. The van der Waals surface area contributed by atoms with Crippen LogP contribution in [0.1, 0.15) is 37.2 Å². The van der Waals surface area contributed by atoms with Crippen molar-refractivity contribution in [3.8, 4) is 0 Å². The molecule has 0 aliphatic carbocycles. The van der Waals surface area contributed by atoms with Gasteiger partial charge in [0, 0.05) is 25.7 Å². The molecule has 1 unspecified atom stereocenters. The molecule has 2 heterocycles. The molecule has 3 rings (SSSR count). The average molecular weight is 356 g/mol. The van der Waals surface area contributed by atoms with Gasteiger partial charge in [0.15, 0.2) is 0 Å². The van der Waals surface area contributed by atoms with Crippen LogP contribution >= 0.6 is 0 Å². The van der Waals surface area contributed by atoms with Gasteiger partial charge in [-0.15, -0.1) is 0 Å². The fourth-order valence-corrected chi connectivity index (χ4v) is 3.69. The van der Waals surface area contributed by atoms with E-state index in [1.54, 1.807) is 6.20 Å². The van der Waals surface area contributed by atoms with Crippen LogP contribution < -0.4 is 5.32 Å². The minimum Gasteiger partial charge on any atom is -0.379 e. The smallest absolute Gasteiger partial charge is 0.271 e. The number of aromatic nitrogens is 2. The van der Waals surface area contributed by atoms with Crippen molar-refractivity contribution in [3.05, 3.63) is 36.2 Å². The van der Waals surface area contributed by atoms with Crippen molar-refractivity contribution in [3.63, 3.8) is 0 Å². The first-order chi connectivity index (χ1) is 12.7. The number of ether oxygens (including phenoxy) is 1. The van der Waals surface area contributed by atoms with Crippen molar-refractivity contribution in [2.45, 2.75) is 32.7 Å². The van der Waals surface area contributed by atoms with Crippen molar-refractivity contribution in [2.75, 3.05) is 32.8 Å². The zero-order valence-corrected chi connectivity index (χ0v) is 15.6. The maximum Gasteiger partial charge on any atom is 0.271 e. The van der Waals surface area contributed by atoms with E-state index in [9.17, 15) is 4.79 Å². The molecule has 1 fully saturated rings. The second-order valence-corrected chi connectivity index (χ2v) is 6.75. The molecule has 0 saturated carbocycles. The number of para-hydroxylation sites is 2. The third-order valence-corrected chi connectivity index (χ3v) is 5.26. The van der Waals surface area contributed by atoms with Gasteiger partial charge in [0.25, 0.3) is 5.91 Å². The molecule has 1 aliphatic rings. The molecule has 2 aromatic rings. The summed E-state index contributed by atoms with van der Waals surface area (Å²) in [6.45, 7) is 8.44. The Labute approximate surface area is 155 Å². The second kappa shape index (κ2) is 9.05. The van der Waals surface area contributed by atoms with Crippen LogP contribution in [0.3, 0.4) is 0 Å². The molecule has 0 spiro atoms. The van der Waals surface area contributed by atoms with E-state index in [-0.39, 0.29) is 5.91 Å². The minimum absolute atomic E-state index is 0.160. The highest BCUT2D eigenvalue weighted by molar-refractivity contribution is 5.93. The lowest BCUT2D eigenvalue weighted by Crippen LogP contribution is -2.52. The van der Waals surface area contributed by atoms with Crippen LogP contribution in [-0.2, 0) is 4.74 Å². The van der Waals surface area contributed by atoms with Crippen LogP contribution in [0.5, 0.6) is 0 Å². The Kier molecular flexibility index (Phi) is 6.52. The van der Waals surface area contributed by atoms with Crippen molar-refractivity contribution in [1.29, 1.82) is 0 Å². The Bertz CT molecular complexity index is 727. The first-order valence-electron chi connectivity index (χ1n) is 9.54. The fourth-order valence-electron chi connectivity index (χ4n) is 3.69. The first-order valence-corrected chi connectivity index (χ1v) is 9.54. The Hall–Kier alpha value is -2.05. The van der Waals surface area contributed by atoms with Gasteiger partial charge in [-0.05, 0) is 18.1 Å². The van der Waals surface area contributed by atoms with E-state index in [1.807, 2.05) is 24.3 Å². The number of nitrogens with one attached hydrogen (secondary N) is 1. The SMILES string of the molecule is CCC(CC)C(CNC(=O)c1cnc2ccccc2n1)N1CCOCC1. The molecule has 1 atom stereocenters. The normalized spacial score (nSPS) is 16.7. The minimum atomic E-state index is -0.160. The van der Waals surface area contributed by atoms with E-state index in [0.717, 1.165) is 50.2 Å². The first kappa shape index (κ1) is 18.7. The summed E-state index contributed by atoms with van der Waals surface area (Å²) in [5.74, 6) is 0.392. The van der Waals surface area contributed by atoms with Crippen molar-refractivity contribution >= 4 is 16.9 Å². The fraction of sp³-hybridized carbons (Fsp3) is 0.550. The molecular weight excluding hydrogens is 328 g/mol. The Morgan fingerprint density at radius 1 is 1.19 bits per heavy atom. The molecule has 1 aromatic carbocycles. The highest BCUT2D eigenvalue weighted by Gasteiger charge is 2.27. The van der Waals surface area contributed by atoms with Gasteiger partial charge in [-0.3, -0.25) is 14.7 Å². The summed E-state index contributed by atoms with van der Waals surface area (Å²) in [6, 6.07) is 7.91. The van der Waals surface area contributed by atoms with Crippen LogP contribution in [0, 0.1) is 5.92 Å². The summed E-state index contributed by atoms with van der Waals surface area (Å²) in [4.78, 5) is 23.8. The molecule has 1 aliphatic heterocycles. The van der Waals surface area contributed by atoms with Crippen molar-refractivity contribution in [1.82, 2.24) is 20.2 Å². The van der Waals surface area contributed by atoms with Crippen LogP contribution in [0.25, 0.3) is 11.0 Å². The van der Waals surface area contributed by atoms with Gasteiger partial charge in [0.2, 0.25) is 0 Å². The molecular formula is C20H28N4O2. The molecule has 0 radical (unpaired) electrons. The zero-order chi connectivity index (χ0) is 18.4. The largest absolute Gasteiger partial charge is 0.379 e. The average Bonchev–Trinajstić information content (AvgIpc) is 2.71. The van der Waals surface area contributed by atoms with Gasteiger partial charge in [-0.25, -0.2) is 4.98 Å². The van der Waals surface area contributed by atoms with Gasteiger partial charge in [-0.2, -0.15) is 0 Å². The second-order valence-electron chi connectivity index (χ2n) is 6.75. The molecule has 140 valence electrons. The molecule has 1 N–H and O–H groups in total. The summed E-state index contributed by atoms with van der Waals surface area (Å²) in [5, 5.41) is 3.09. The lowest BCUT2D eigenvalue weighted by molar-refractivity contribution is 0.00190. The van der Waals surface area contributed by atoms with Crippen LogP contribution in [0.15, 0.2) is 30.5 Å². The van der Waals surface area contributed by atoms with Gasteiger partial charge in [0.1, 0.15) is 5.69 Å². The number of amides is 1. The Balaban J connectivity index is 1.69. The van der Waals surface area contributed by atoms with Crippen molar-refractivity contribution in [2.24, 2.45) is 5.92 Å². The molecule has 1 aromatic heterocycles. The van der Waals surface area contributed by atoms with E-state index >= 15 is 0 Å². The lowest BCUT2D eigenvalue weighted by atomic mass is 9.92. The third-order valence-electron chi connectivity index (χ3n) is 5.26. The number of nitrogens with zero attached hydrogens (tertiary/aromatic N) is 3. The highest BCUT2D eigenvalue weighted by atomic mass is 16.5. The Morgan fingerprint density at radius 3 is 2.58 bits per heavy atom. The van der Waals surface area contributed by atoms with E-state index in [2.05, 4.69) is 34.0 Å². The highest BCUT2D eigenvalue weighted by Crippen LogP contribution is 2.19. The summed E-state index contributed by atoms with van der Waals surface area (Å²) >= 11 is 0. The number of fused-ring (bicyclic) bond motifs is 1. The third kappa shape index (κ3) is 4.37. The van der Waals surface area contributed by atoms with Gasteiger partial charge in [-0.1, -0.05) is 38.8 Å². The molecule has 26 heavy (non-hydrogen) atoms. The van der Waals surface area contributed by atoms with E-state index in [4.69, 9.17) is 4.74 Å². The van der Waals surface area contributed by atoms with Crippen LogP contribution in [0.2, 0.25) is 0 Å². The molecule has 6 heteroatoms. The van der Waals surface area contributed by atoms with Crippen LogP contribution in [0.4, 0.5) is 0 Å². The summed E-state index contributed by atoms with van der Waals surface area (Å²) < 4.78 is 5.49. The predicted molar refractivity (Wildman–Crippen MR) is 102 cm³/mol. The summed E-state index contributed by atoms with van der Waals surface area (Å²) in [5.41, 5.74) is 1.91. The standard InChI is InChI=1S/C20H28N4O2/c1-3-15(4-2)19(24-9-11-26-12-10-24)14-22-20(25)18-13-21-16-7-5-6-8-17(16)23-18/h5-8,13,15,19H,3-4,9-12,14H2,1-2H3,(H,22,25). The topological polar surface area (TPSA) is 67.4 Å². The number of carbonyl (C=O) groups is 1. The number of carbonyl (C=O) groups excluding carboxylic acids is 1. The number of rotatable bonds is 7. The quantitative estimate of drug-likeness (QED) is 0.826. The monoisotopic (exact) mass is 356 g/mol. The zero-order valence-electron chi connectivity index (χ0n) is 15.6. The number of morpholine rings is 1. The van der Waals surface area contributed by atoms with E-state index < -0.39 is 0 Å².